The monoisotopic (exact) mass is 287 g/mol. The molecule has 1 aliphatic rings. The molecule has 1 atom stereocenters. The number of fused-ring (bicyclic) bond motifs is 1. The molecule has 0 saturated heterocycles. The van der Waals surface area contributed by atoms with Gasteiger partial charge in [-0.15, -0.1) is 0 Å². The zero-order valence-electron chi connectivity index (χ0n) is 11.9. The van der Waals surface area contributed by atoms with Crippen molar-refractivity contribution in [3.05, 3.63) is 51.7 Å². The number of benzene rings is 1. The molecule has 0 saturated carbocycles. The Morgan fingerprint density at radius 3 is 3.10 bits per heavy atom. The lowest BCUT2D eigenvalue weighted by atomic mass is 10.1. The summed E-state index contributed by atoms with van der Waals surface area (Å²) >= 11 is 1.75. The van der Waals surface area contributed by atoms with E-state index in [4.69, 9.17) is 4.74 Å². The van der Waals surface area contributed by atoms with E-state index in [-0.39, 0.29) is 0 Å². The standard InChI is InChI=1S/C17H21NOS/c1-2-18-16-7-6-15-14(16)4-3-5-17(15)19-10-8-13-9-11-20-12-13/h3-5,9,11-12,16,18H,2,6-8,10H2,1H3. The minimum atomic E-state index is 0.510. The smallest absolute Gasteiger partial charge is 0.122 e. The first-order chi connectivity index (χ1) is 9.88. The van der Waals surface area contributed by atoms with Crippen molar-refractivity contribution in [1.29, 1.82) is 0 Å². The van der Waals surface area contributed by atoms with E-state index in [1.54, 1.807) is 11.3 Å². The van der Waals surface area contributed by atoms with Crippen molar-refractivity contribution in [2.45, 2.75) is 32.2 Å². The van der Waals surface area contributed by atoms with Gasteiger partial charge in [0.2, 0.25) is 0 Å². The molecule has 0 amide bonds. The van der Waals surface area contributed by atoms with Crippen LogP contribution in [0.5, 0.6) is 5.75 Å². The minimum absolute atomic E-state index is 0.510. The van der Waals surface area contributed by atoms with Crippen molar-refractivity contribution < 1.29 is 4.74 Å². The molecule has 0 aliphatic heterocycles. The summed E-state index contributed by atoms with van der Waals surface area (Å²) in [5, 5.41) is 7.87. The molecule has 20 heavy (non-hydrogen) atoms. The third-order valence-electron chi connectivity index (χ3n) is 3.91. The van der Waals surface area contributed by atoms with Crippen LogP contribution in [-0.4, -0.2) is 13.2 Å². The van der Waals surface area contributed by atoms with Gasteiger partial charge in [0.15, 0.2) is 0 Å². The van der Waals surface area contributed by atoms with Crippen LogP contribution in [-0.2, 0) is 12.8 Å². The van der Waals surface area contributed by atoms with Crippen molar-refractivity contribution >= 4 is 11.3 Å². The van der Waals surface area contributed by atoms with Gasteiger partial charge in [0.1, 0.15) is 5.75 Å². The Morgan fingerprint density at radius 2 is 2.30 bits per heavy atom. The average Bonchev–Trinajstić information content (AvgIpc) is 3.10. The number of hydrogen-bond acceptors (Lipinski definition) is 3. The molecule has 0 bridgehead atoms. The highest BCUT2D eigenvalue weighted by molar-refractivity contribution is 7.07. The molecule has 0 radical (unpaired) electrons. The van der Waals surface area contributed by atoms with Crippen molar-refractivity contribution in [1.82, 2.24) is 5.32 Å². The number of rotatable bonds is 6. The second-order valence-electron chi connectivity index (χ2n) is 5.20. The molecule has 1 N–H and O–H groups in total. The molecule has 1 aromatic heterocycles. The second kappa shape index (κ2) is 6.42. The maximum Gasteiger partial charge on any atom is 0.122 e. The molecule has 3 heteroatoms. The number of ether oxygens (including phenoxy) is 1. The van der Waals surface area contributed by atoms with Gasteiger partial charge in [-0.05, 0) is 59.0 Å². The first-order valence-corrected chi connectivity index (χ1v) is 8.32. The van der Waals surface area contributed by atoms with Gasteiger partial charge >= 0.3 is 0 Å². The van der Waals surface area contributed by atoms with Gasteiger partial charge in [0, 0.05) is 12.5 Å². The summed E-state index contributed by atoms with van der Waals surface area (Å²) in [7, 11) is 0. The molecule has 2 aromatic rings. The first-order valence-electron chi connectivity index (χ1n) is 7.37. The largest absolute Gasteiger partial charge is 0.493 e. The van der Waals surface area contributed by atoms with E-state index < -0.39 is 0 Å². The van der Waals surface area contributed by atoms with E-state index in [1.807, 2.05) is 0 Å². The van der Waals surface area contributed by atoms with E-state index >= 15 is 0 Å². The number of nitrogens with one attached hydrogen (secondary N) is 1. The molecule has 1 aromatic carbocycles. The van der Waals surface area contributed by atoms with Gasteiger partial charge in [-0.2, -0.15) is 11.3 Å². The fourth-order valence-corrected chi connectivity index (χ4v) is 3.63. The topological polar surface area (TPSA) is 21.3 Å². The summed E-state index contributed by atoms with van der Waals surface area (Å²) in [6.07, 6.45) is 3.31. The lowest BCUT2D eigenvalue weighted by molar-refractivity contribution is 0.319. The molecule has 1 unspecified atom stereocenters. The Hall–Kier alpha value is -1.32. The van der Waals surface area contributed by atoms with Gasteiger partial charge in [-0.3, -0.25) is 0 Å². The second-order valence-corrected chi connectivity index (χ2v) is 5.98. The Labute approximate surface area is 124 Å². The van der Waals surface area contributed by atoms with Crippen LogP contribution in [0.4, 0.5) is 0 Å². The van der Waals surface area contributed by atoms with E-state index in [1.165, 1.54) is 23.1 Å². The SMILES string of the molecule is CCNC1CCc2c(OCCc3ccsc3)cccc21. The van der Waals surface area contributed by atoms with Crippen LogP contribution in [0.2, 0.25) is 0 Å². The molecule has 2 nitrogen and oxygen atoms in total. The summed E-state index contributed by atoms with van der Waals surface area (Å²) < 4.78 is 6.03. The van der Waals surface area contributed by atoms with Crippen LogP contribution in [0.3, 0.4) is 0 Å². The van der Waals surface area contributed by atoms with E-state index in [2.05, 4.69) is 47.3 Å². The van der Waals surface area contributed by atoms with Gasteiger partial charge < -0.3 is 10.1 Å². The Bertz CT molecular complexity index is 550. The lowest BCUT2D eigenvalue weighted by Crippen LogP contribution is -2.18. The zero-order valence-corrected chi connectivity index (χ0v) is 12.7. The van der Waals surface area contributed by atoms with Crippen LogP contribution in [0, 0.1) is 0 Å². The molecular formula is C17H21NOS. The van der Waals surface area contributed by atoms with Crippen LogP contribution in [0.15, 0.2) is 35.0 Å². The quantitative estimate of drug-likeness (QED) is 0.868. The van der Waals surface area contributed by atoms with Crippen LogP contribution in [0.25, 0.3) is 0 Å². The normalized spacial score (nSPS) is 17.1. The number of thiophene rings is 1. The molecule has 3 rings (SSSR count). The maximum atomic E-state index is 6.03. The van der Waals surface area contributed by atoms with Gasteiger partial charge in [0.05, 0.1) is 6.61 Å². The maximum absolute atomic E-state index is 6.03. The van der Waals surface area contributed by atoms with Crippen molar-refractivity contribution in [3.63, 3.8) is 0 Å². The summed E-state index contributed by atoms with van der Waals surface area (Å²) in [5.41, 5.74) is 4.21. The lowest BCUT2D eigenvalue weighted by Gasteiger charge is -2.14. The van der Waals surface area contributed by atoms with Gasteiger partial charge in [-0.1, -0.05) is 19.1 Å². The molecule has 1 heterocycles. The highest BCUT2D eigenvalue weighted by atomic mass is 32.1. The van der Waals surface area contributed by atoms with Crippen molar-refractivity contribution in [2.75, 3.05) is 13.2 Å². The average molecular weight is 287 g/mol. The molecular weight excluding hydrogens is 266 g/mol. The van der Waals surface area contributed by atoms with E-state index in [0.29, 0.717) is 6.04 Å². The highest BCUT2D eigenvalue weighted by Crippen LogP contribution is 2.36. The Morgan fingerprint density at radius 1 is 1.35 bits per heavy atom. The van der Waals surface area contributed by atoms with Gasteiger partial charge in [-0.25, -0.2) is 0 Å². The van der Waals surface area contributed by atoms with Gasteiger partial charge in [0.25, 0.3) is 0 Å². The third-order valence-corrected chi connectivity index (χ3v) is 4.64. The number of hydrogen-bond donors (Lipinski definition) is 1. The molecule has 1 aliphatic carbocycles. The van der Waals surface area contributed by atoms with Crippen LogP contribution in [0.1, 0.15) is 36.1 Å². The Balaban J connectivity index is 1.65. The van der Waals surface area contributed by atoms with Crippen molar-refractivity contribution in [2.24, 2.45) is 0 Å². The predicted octanol–water partition coefficient (Wildman–Crippen LogP) is 3.97. The Kier molecular flexibility index (Phi) is 4.38. The predicted molar refractivity (Wildman–Crippen MR) is 84.7 cm³/mol. The third kappa shape index (κ3) is 2.89. The van der Waals surface area contributed by atoms with E-state index in [9.17, 15) is 0 Å². The summed E-state index contributed by atoms with van der Waals surface area (Å²) in [6.45, 7) is 3.95. The zero-order chi connectivity index (χ0) is 13.8. The highest BCUT2D eigenvalue weighted by Gasteiger charge is 2.24. The molecule has 0 fully saturated rings. The molecule has 106 valence electrons. The summed E-state index contributed by atoms with van der Waals surface area (Å²) in [5.74, 6) is 1.08. The summed E-state index contributed by atoms with van der Waals surface area (Å²) in [4.78, 5) is 0. The minimum Gasteiger partial charge on any atom is -0.493 e. The van der Waals surface area contributed by atoms with Crippen LogP contribution >= 0.6 is 11.3 Å². The fraction of sp³-hybridized carbons (Fsp3) is 0.412. The van der Waals surface area contributed by atoms with Crippen molar-refractivity contribution in [3.8, 4) is 5.75 Å². The first kappa shape index (κ1) is 13.7. The fourth-order valence-electron chi connectivity index (χ4n) is 2.93. The van der Waals surface area contributed by atoms with Crippen LogP contribution < -0.4 is 10.1 Å². The summed E-state index contributed by atoms with van der Waals surface area (Å²) in [6, 6.07) is 9.15. The van der Waals surface area contributed by atoms with E-state index in [0.717, 1.165) is 31.7 Å². The molecule has 0 spiro atoms.